The minimum absolute atomic E-state index is 0.0606. The zero-order chi connectivity index (χ0) is 13.3. The lowest BCUT2D eigenvalue weighted by molar-refractivity contribution is 0.0497. The molecule has 1 aromatic rings. The smallest absolute Gasteiger partial charge is 0.254 e. The van der Waals surface area contributed by atoms with Crippen molar-refractivity contribution >= 4 is 17.5 Å². The van der Waals surface area contributed by atoms with E-state index >= 15 is 0 Å². The average molecular weight is 265 g/mol. The van der Waals surface area contributed by atoms with Crippen LogP contribution in [0.3, 0.4) is 0 Å². The first kappa shape index (κ1) is 12.7. The lowest BCUT2D eigenvalue weighted by Crippen LogP contribution is -2.53. The number of nitrogens with zero attached hydrogens (tertiary/aromatic N) is 2. The van der Waals surface area contributed by atoms with Gasteiger partial charge in [-0.25, -0.2) is 0 Å². The van der Waals surface area contributed by atoms with Gasteiger partial charge in [0.15, 0.2) is 0 Å². The number of halogens is 1. The Balaban J connectivity index is 2.26. The van der Waals surface area contributed by atoms with Gasteiger partial charge in [-0.3, -0.25) is 4.79 Å². The Hall–Kier alpha value is -1.73. The van der Waals surface area contributed by atoms with Gasteiger partial charge in [-0.05, 0) is 37.5 Å². The van der Waals surface area contributed by atoms with E-state index in [4.69, 9.17) is 11.6 Å². The predicted molar refractivity (Wildman–Crippen MR) is 67.4 cm³/mol. The maximum atomic E-state index is 12.2. The van der Waals surface area contributed by atoms with Gasteiger partial charge in [-0.15, -0.1) is 0 Å². The van der Waals surface area contributed by atoms with Crippen molar-refractivity contribution in [2.45, 2.75) is 24.8 Å². The number of benzene rings is 1. The molecular formula is C13H13ClN2O2. The largest absolute Gasteiger partial charge is 0.506 e. The van der Waals surface area contributed by atoms with Crippen molar-refractivity contribution in [2.75, 3.05) is 7.05 Å². The summed E-state index contributed by atoms with van der Waals surface area (Å²) >= 11 is 5.77. The molecule has 2 rings (SSSR count). The van der Waals surface area contributed by atoms with Crippen molar-refractivity contribution in [1.82, 2.24) is 4.90 Å². The number of nitriles is 1. The molecule has 0 aliphatic heterocycles. The molecule has 0 spiro atoms. The van der Waals surface area contributed by atoms with E-state index in [0.717, 1.165) is 6.42 Å². The molecule has 1 aromatic carbocycles. The van der Waals surface area contributed by atoms with Crippen molar-refractivity contribution in [2.24, 2.45) is 0 Å². The summed E-state index contributed by atoms with van der Waals surface area (Å²) in [6.07, 6.45) is 2.37. The maximum absolute atomic E-state index is 12.2. The first-order valence-electron chi connectivity index (χ1n) is 5.68. The van der Waals surface area contributed by atoms with Gasteiger partial charge in [0.05, 0.1) is 11.1 Å². The third-order valence-electron chi connectivity index (χ3n) is 3.53. The van der Waals surface area contributed by atoms with Gasteiger partial charge in [0.1, 0.15) is 11.3 Å². The first-order valence-corrected chi connectivity index (χ1v) is 6.06. The predicted octanol–water partition coefficient (Wildman–Crippen LogP) is 2.56. The van der Waals surface area contributed by atoms with Crippen molar-refractivity contribution in [3.63, 3.8) is 0 Å². The zero-order valence-corrected chi connectivity index (χ0v) is 10.7. The van der Waals surface area contributed by atoms with Crippen LogP contribution in [-0.4, -0.2) is 28.5 Å². The molecule has 0 atom stereocenters. The van der Waals surface area contributed by atoms with Crippen LogP contribution in [0.25, 0.3) is 0 Å². The first-order chi connectivity index (χ1) is 8.50. The van der Waals surface area contributed by atoms with E-state index in [0.29, 0.717) is 18.4 Å². The molecule has 18 heavy (non-hydrogen) atoms. The fourth-order valence-electron chi connectivity index (χ4n) is 2.06. The van der Waals surface area contributed by atoms with E-state index in [1.165, 1.54) is 23.1 Å². The molecule has 1 amide bonds. The van der Waals surface area contributed by atoms with Gasteiger partial charge < -0.3 is 10.0 Å². The number of hydrogen-bond acceptors (Lipinski definition) is 3. The van der Waals surface area contributed by atoms with Gasteiger partial charge in [-0.2, -0.15) is 5.26 Å². The van der Waals surface area contributed by atoms with E-state index in [2.05, 4.69) is 6.07 Å². The Bertz CT molecular complexity index is 532. The summed E-state index contributed by atoms with van der Waals surface area (Å²) in [4.78, 5) is 13.7. The number of carbonyl (C=O) groups is 1. The number of carbonyl (C=O) groups excluding carboxylic acids is 1. The quantitative estimate of drug-likeness (QED) is 0.893. The van der Waals surface area contributed by atoms with Gasteiger partial charge >= 0.3 is 0 Å². The van der Waals surface area contributed by atoms with Crippen LogP contribution in [0.2, 0.25) is 5.02 Å². The number of amides is 1. The third kappa shape index (κ3) is 1.91. The standard InChI is InChI=1S/C13H13ClN2O2/c1-16(13(8-15)5-2-6-13)12(18)9-3-4-11(17)10(14)7-9/h3-4,7,17H,2,5-6H2,1H3. The highest BCUT2D eigenvalue weighted by Gasteiger charge is 2.43. The van der Waals surface area contributed by atoms with Crippen LogP contribution in [0, 0.1) is 11.3 Å². The summed E-state index contributed by atoms with van der Waals surface area (Å²) < 4.78 is 0. The molecule has 4 nitrogen and oxygen atoms in total. The molecular weight excluding hydrogens is 252 g/mol. The SMILES string of the molecule is CN(C(=O)c1ccc(O)c(Cl)c1)C1(C#N)CCC1. The highest BCUT2D eigenvalue weighted by molar-refractivity contribution is 6.32. The normalized spacial score (nSPS) is 16.5. The molecule has 1 saturated carbocycles. The molecule has 1 aliphatic rings. The molecule has 0 bridgehead atoms. The van der Waals surface area contributed by atoms with Gasteiger partial charge in [0, 0.05) is 12.6 Å². The van der Waals surface area contributed by atoms with Crippen LogP contribution in [-0.2, 0) is 0 Å². The van der Waals surface area contributed by atoms with E-state index in [-0.39, 0.29) is 16.7 Å². The third-order valence-corrected chi connectivity index (χ3v) is 3.83. The highest BCUT2D eigenvalue weighted by Crippen LogP contribution is 2.37. The van der Waals surface area contributed by atoms with Crippen LogP contribution in [0.5, 0.6) is 5.75 Å². The summed E-state index contributed by atoms with van der Waals surface area (Å²) in [5.74, 6) is -0.312. The van der Waals surface area contributed by atoms with E-state index < -0.39 is 5.54 Å². The highest BCUT2D eigenvalue weighted by atomic mass is 35.5. The minimum Gasteiger partial charge on any atom is -0.506 e. The van der Waals surface area contributed by atoms with Crippen molar-refractivity contribution in [1.29, 1.82) is 5.26 Å². The molecule has 1 aliphatic carbocycles. The summed E-state index contributed by atoms with van der Waals surface area (Å²) in [5, 5.41) is 18.6. The Kier molecular flexibility index (Phi) is 3.18. The fraction of sp³-hybridized carbons (Fsp3) is 0.385. The zero-order valence-electron chi connectivity index (χ0n) is 9.98. The monoisotopic (exact) mass is 264 g/mol. The molecule has 0 saturated heterocycles. The van der Waals surface area contributed by atoms with Crippen molar-refractivity contribution < 1.29 is 9.90 Å². The fourth-order valence-corrected chi connectivity index (χ4v) is 2.24. The van der Waals surface area contributed by atoms with Gasteiger partial charge in [0.25, 0.3) is 5.91 Å². The van der Waals surface area contributed by atoms with Crippen LogP contribution >= 0.6 is 11.6 Å². The van der Waals surface area contributed by atoms with E-state index in [1.807, 2.05) is 0 Å². The van der Waals surface area contributed by atoms with Gasteiger partial charge in [-0.1, -0.05) is 11.6 Å². The Morgan fingerprint density at radius 1 is 1.56 bits per heavy atom. The summed E-state index contributed by atoms with van der Waals surface area (Å²) in [6, 6.07) is 6.51. The van der Waals surface area contributed by atoms with Crippen LogP contribution in [0.4, 0.5) is 0 Å². The van der Waals surface area contributed by atoms with Crippen molar-refractivity contribution in [3.05, 3.63) is 28.8 Å². The molecule has 1 N–H and O–H groups in total. The second kappa shape index (κ2) is 4.51. The van der Waals surface area contributed by atoms with E-state index in [9.17, 15) is 15.2 Å². The molecule has 5 heteroatoms. The maximum Gasteiger partial charge on any atom is 0.254 e. The molecule has 94 valence electrons. The molecule has 0 heterocycles. The topological polar surface area (TPSA) is 64.3 Å². The van der Waals surface area contributed by atoms with Gasteiger partial charge in [0.2, 0.25) is 0 Å². The van der Waals surface area contributed by atoms with Crippen molar-refractivity contribution in [3.8, 4) is 11.8 Å². The number of hydrogen-bond donors (Lipinski definition) is 1. The Labute approximate surface area is 110 Å². The second-order valence-electron chi connectivity index (χ2n) is 4.53. The number of aromatic hydroxyl groups is 1. The van der Waals surface area contributed by atoms with E-state index in [1.54, 1.807) is 7.05 Å². The average Bonchev–Trinajstić information content (AvgIpc) is 2.31. The summed E-state index contributed by atoms with van der Waals surface area (Å²) in [6.45, 7) is 0. The number of rotatable bonds is 2. The lowest BCUT2D eigenvalue weighted by atomic mass is 9.76. The van der Waals surface area contributed by atoms with Crippen LogP contribution < -0.4 is 0 Å². The Morgan fingerprint density at radius 2 is 2.22 bits per heavy atom. The second-order valence-corrected chi connectivity index (χ2v) is 4.93. The number of phenolic OH excluding ortho intramolecular Hbond substituents is 1. The molecule has 0 radical (unpaired) electrons. The molecule has 1 fully saturated rings. The Morgan fingerprint density at radius 3 is 2.67 bits per heavy atom. The summed E-state index contributed by atoms with van der Waals surface area (Å²) in [7, 11) is 1.63. The van der Waals surface area contributed by atoms with Crippen LogP contribution in [0.15, 0.2) is 18.2 Å². The summed E-state index contributed by atoms with van der Waals surface area (Å²) in [5.41, 5.74) is -0.302. The lowest BCUT2D eigenvalue weighted by Gasteiger charge is -2.42. The minimum atomic E-state index is -0.679. The molecule has 0 aromatic heterocycles. The van der Waals surface area contributed by atoms with Crippen LogP contribution in [0.1, 0.15) is 29.6 Å². The molecule has 0 unspecified atom stereocenters. The number of phenols is 1.